The number of hydrogen-bond acceptors (Lipinski definition) is 2. The Kier molecular flexibility index (Phi) is 4.01. The van der Waals surface area contributed by atoms with Crippen molar-refractivity contribution in [2.24, 2.45) is 10.8 Å². The molecule has 0 unspecified atom stereocenters. The fourth-order valence-corrected chi connectivity index (χ4v) is 2.59. The first kappa shape index (κ1) is 12.8. The van der Waals surface area contributed by atoms with Gasteiger partial charge in [-0.2, -0.15) is 0 Å². The summed E-state index contributed by atoms with van der Waals surface area (Å²) < 4.78 is 0. The number of nitrogens with one attached hydrogen (secondary N) is 2. The molecular formula is C11H21ClN2O. The van der Waals surface area contributed by atoms with Gasteiger partial charge in [-0.05, 0) is 42.9 Å². The van der Waals surface area contributed by atoms with E-state index in [4.69, 9.17) is 11.8 Å². The highest BCUT2D eigenvalue weighted by atomic mass is 35.5. The van der Waals surface area contributed by atoms with Gasteiger partial charge in [0.1, 0.15) is 0 Å². The Morgan fingerprint density at radius 3 is 2.20 bits per heavy atom. The van der Waals surface area contributed by atoms with Gasteiger partial charge in [-0.15, -0.1) is 0 Å². The summed E-state index contributed by atoms with van der Waals surface area (Å²) in [7, 11) is 1.71. The molecule has 1 amide bonds. The van der Waals surface area contributed by atoms with Gasteiger partial charge >= 0.3 is 0 Å². The Bertz CT molecular complexity index is 235. The van der Waals surface area contributed by atoms with Crippen LogP contribution in [0.3, 0.4) is 0 Å². The van der Waals surface area contributed by atoms with Crippen LogP contribution in [0.1, 0.15) is 39.5 Å². The van der Waals surface area contributed by atoms with Crippen LogP contribution in [0.2, 0.25) is 0 Å². The van der Waals surface area contributed by atoms with Crippen molar-refractivity contribution < 1.29 is 4.79 Å². The van der Waals surface area contributed by atoms with Gasteiger partial charge in [0.05, 0.1) is 0 Å². The van der Waals surface area contributed by atoms with Gasteiger partial charge in [0.25, 0.3) is 0 Å². The Morgan fingerprint density at radius 2 is 1.80 bits per heavy atom. The second kappa shape index (κ2) is 4.71. The molecule has 88 valence electrons. The van der Waals surface area contributed by atoms with E-state index in [9.17, 15) is 4.79 Å². The molecule has 1 saturated carbocycles. The first-order valence-electron chi connectivity index (χ1n) is 5.51. The van der Waals surface area contributed by atoms with Crippen molar-refractivity contribution in [2.75, 3.05) is 13.6 Å². The highest BCUT2D eigenvalue weighted by Crippen LogP contribution is 2.44. The molecule has 0 saturated heterocycles. The van der Waals surface area contributed by atoms with E-state index in [0.717, 1.165) is 32.2 Å². The molecule has 0 heterocycles. The molecule has 2 N–H and O–H groups in total. The van der Waals surface area contributed by atoms with Crippen LogP contribution in [0.15, 0.2) is 0 Å². The third kappa shape index (κ3) is 2.85. The summed E-state index contributed by atoms with van der Waals surface area (Å²) in [4.78, 5) is 14.4. The third-order valence-corrected chi connectivity index (χ3v) is 3.96. The molecule has 0 aromatic heterocycles. The summed E-state index contributed by atoms with van der Waals surface area (Å²) in [5.41, 5.74) is 0.0653. The molecule has 4 heteroatoms. The minimum Gasteiger partial charge on any atom is -0.359 e. The largest absolute Gasteiger partial charge is 0.359 e. The van der Waals surface area contributed by atoms with E-state index in [1.165, 1.54) is 0 Å². The maximum atomic E-state index is 11.7. The zero-order valence-electron chi connectivity index (χ0n) is 9.82. The number of rotatable bonds is 3. The van der Waals surface area contributed by atoms with Crippen molar-refractivity contribution >= 4 is 17.7 Å². The summed E-state index contributed by atoms with van der Waals surface area (Å²) in [6.45, 7) is 5.10. The monoisotopic (exact) mass is 232 g/mol. The molecule has 1 rings (SSSR count). The Balaban J connectivity index is 2.58. The van der Waals surface area contributed by atoms with E-state index in [0.29, 0.717) is 0 Å². The molecule has 1 aliphatic carbocycles. The third-order valence-electron chi connectivity index (χ3n) is 3.83. The second-order valence-electron chi connectivity index (χ2n) is 5.26. The predicted octanol–water partition coefficient (Wildman–Crippen LogP) is 2.06. The second-order valence-corrected chi connectivity index (χ2v) is 5.53. The highest BCUT2D eigenvalue weighted by molar-refractivity contribution is 6.13. The molecule has 0 radical (unpaired) electrons. The normalized spacial score (nSPS) is 36.3. The van der Waals surface area contributed by atoms with Crippen molar-refractivity contribution in [3.63, 3.8) is 0 Å². The maximum absolute atomic E-state index is 11.7. The van der Waals surface area contributed by atoms with Gasteiger partial charge < -0.3 is 5.32 Å². The van der Waals surface area contributed by atoms with Gasteiger partial charge in [-0.3, -0.25) is 4.79 Å². The van der Waals surface area contributed by atoms with Gasteiger partial charge in [0.2, 0.25) is 5.91 Å². The highest BCUT2D eigenvalue weighted by Gasteiger charge is 2.41. The zero-order valence-corrected chi connectivity index (χ0v) is 10.6. The number of halogens is 1. The molecule has 3 nitrogen and oxygen atoms in total. The number of amides is 1. The van der Waals surface area contributed by atoms with Crippen LogP contribution < -0.4 is 10.2 Å². The van der Waals surface area contributed by atoms with Crippen LogP contribution in [-0.2, 0) is 4.79 Å². The molecule has 0 aromatic rings. The van der Waals surface area contributed by atoms with Gasteiger partial charge in [0, 0.05) is 19.0 Å². The molecule has 1 fully saturated rings. The van der Waals surface area contributed by atoms with Crippen LogP contribution in [-0.4, -0.2) is 19.5 Å². The van der Waals surface area contributed by atoms with Crippen molar-refractivity contribution in [1.29, 1.82) is 0 Å². The summed E-state index contributed by atoms with van der Waals surface area (Å²) in [6.07, 6.45) is 4.00. The van der Waals surface area contributed by atoms with Crippen LogP contribution in [0.5, 0.6) is 0 Å². The van der Waals surface area contributed by atoms with Crippen molar-refractivity contribution in [3.05, 3.63) is 0 Å². The summed E-state index contributed by atoms with van der Waals surface area (Å²) in [5, 5.41) is 2.75. The van der Waals surface area contributed by atoms with E-state index in [2.05, 4.69) is 24.0 Å². The van der Waals surface area contributed by atoms with Gasteiger partial charge in [0.15, 0.2) is 0 Å². The standard InChI is InChI=1S/C11H21ClN2O/c1-10(8-14-12)4-6-11(2,7-5-10)9(15)13-3/h14H,4-8H2,1-3H3,(H,13,15). The molecule has 1 aliphatic rings. The molecular weight excluding hydrogens is 212 g/mol. The average molecular weight is 233 g/mol. The van der Waals surface area contributed by atoms with E-state index < -0.39 is 0 Å². The first-order chi connectivity index (χ1) is 6.96. The zero-order chi connectivity index (χ0) is 11.5. The van der Waals surface area contributed by atoms with Gasteiger partial charge in [-0.1, -0.05) is 13.8 Å². The summed E-state index contributed by atoms with van der Waals surface area (Å²) in [5.74, 6) is 0.170. The van der Waals surface area contributed by atoms with Crippen LogP contribution in [0.25, 0.3) is 0 Å². The first-order valence-corrected chi connectivity index (χ1v) is 5.89. The van der Waals surface area contributed by atoms with E-state index in [1.807, 2.05) is 0 Å². The topological polar surface area (TPSA) is 41.1 Å². The minimum absolute atomic E-state index is 0.170. The summed E-state index contributed by atoms with van der Waals surface area (Å²) >= 11 is 5.56. The van der Waals surface area contributed by atoms with E-state index in [-0.39, 0.29) is 16.7 Å². The van der Waals surface area contributed by atoms with Crippen molar-refractivity contribution in [1.82, 2.24) is 10.2 Å². The molecule has 0 aromatic carbocycles. The average Bonchev–Trinajstić information content (AvgIpc) is 2.22. The van der Waals surface area contributed by atoms with Crippen molar-refractivity contribution in [2.45, 2.75) is 39.5 Å². The SMILES string of the molecule is CNC(=O)C1(C)CCC(C)(CNCl)CC1. The molecule has 15 heavy (non-hydrogen) atoms. The minimum atomic E-state index is -0.180. The number of carbonyl (C=O) groups excluding carboxylic acids is 1. The van der Waals surface area contributed by atoms with Crippen LogP contribution in [0.4, 0.5) is 0 Å². The Morgan fingerprint density at radius 1 is 1.27 bits per heavy atom. The quantitative estimate of drug-likeness (QED) is 0.732. The lowest BCUT2D eigenvalue weighted by Gasteiger charge is -2.41. The van der Waals surface area contributed by atoms with E-state index in [1.54, 1.807) is 7.05 Å². The number of carbonyl (C=O) groups is 1. The lowest BCUT2D eigenvalue weighted by Crippen LogP contribution is -2.43. The Hall–Kier alpha value is -0.280. The lowest BCUT2D eigenvalue weighted by molar-refractivity contribution is -0.132. The molecule has 0 atom stereocenters. The van der Waals surface area contributed by atoms with E-state index >= 15 is 0 Å². The fourth-order valence-electron chi connectivity index (χ4n) is 2.27. The van der Waals surface area contributed by atoms with Gasteiger partial charge in [-0.25, -0.2) is 4.84 Å². The fraction of sp³-hybridized carbons (Fsp3) is 0.909. The molecule has 0 aliphatic heterocycles. The predicted molar refractivity (Wildman–Crippen MR) is 62.6 cm³/mol. The van der Waals surface area contributed by atoms with Crippen molar-refractivity contribution in [3.8, 4) is 0 Å². The smallest absolute Gasteiger partial charge is 0.225 e. The lowest BCUT2D eigenvalue weighted by atomic mass is 9.65. The number of hydrogen-bond donors (Lipinski definition) is 2. The molecule has 0 spiro atoms. The maximum Gasteiger partial charge on any atom is 0.225 e. The molecule has 0 bridgehead atoms. The van der Waals surface area contributed by atoms with Crippen LogP contribution >= 0.6 is 11.8 Å². The summed E-state index contributed by atoms with van der Waals surface area (Å²) in [6, 6.07) is 0. The van der Waals surface area contributed by atoms with Crippen LogP contribution in [0, 0.1) is 10.8 Å². The Labute approximate surface area is 97.1 Å².